The highest BCUT2D eigenvalue weighted by atomic mass is 19.4. The molecule has 0 fully saturated rings. The van der Waals surface area contributed by atoms with Gasteiger partial charge in [0.05, 0.1) is 11.7 Å². The standard InChI is InChI=1S/C14H19F3O2/c1-10(9-19-2)6-13(18)8-11-4-3-5-12(7-11)14(15,16)17/h3-5,7,10,13,18H,6,8-9H2,1-2H3. The highest BCUT2D eigenvalue weighted by Gasteiger charge is 2.30. The molecule has 0 amide bonds. The maximum atomic E-state index is 12.5. The van der Waals surface area contributed by atoms with E-state index in [0.29, 0.717) is 18.6 Å². The highest BCUT2D eigenvalue weighted by Crippen LogP contribution is 2.29. The van der Waals surface area contributed by atoms with E-state index in [4.69, 9.17) is 4.74 Å². The number of aliphatic hydroxyl groups is 1. The van der Waals surface area contributed by atoms with Crippen molar-refractivity contribution >= 4 is 0 Å². The fourth-order valence-corrected chi connectivity index (χ4v) is 2.05. The Kier molecular flexibility index (Phi) is 5.82. The first-order valence-corrected chi connectivity index (χ1v) is 6.16. The monoisotopic (exact) mass is 276 g/mol. The van der Waals surface area contributed by atoms with Crippen molar-refractivity contribution in [1.29, 1.82) is 0 Å². The lowest BCUT2D eigenvalue weighted by molar-refractivity contribution is -0.137. The van der Waals surface area contributed by atoms with Gasteiger partial charge in [-0.15, -0.1) is 0 Å². The largest absolute Gasteiger partial charge is 0.416 e. The zero-order valence-corrected chi connectivity index (χ0v) is 11.1. The molecular weight excluding hydrogens is 257 g/mol. The molecule has 1 aromatic rings. The minimum absolute atomic E-state index is 0.172. The van der Waals surface area contributed by atoms with Crippen molar-refractivity contribution in [3.8, 4) is 0 Å². The Morgan fingerprint density at radius 2 is 2.00 bits per heavy atom. The number of alkyl halides is 3. The topological polar surface area (TPSA) is 29.5 Å². The van der Waals surface area contributed by atoms with Crippen molar-refractivity contribution in [1.82, 2.24) is 0 Å². The van der Waals surface area contributed by atoms with Crippen LogP contribution in [0.4, 0.5) is 13.2 Å². The van der Waals surface area contributed by atoms with Crippen molar-refractivity contribution in [2.75, 3.05) is 13.7 Å². The highest BCUT2D eigenvalue weighted by molar-refractivity contribution is 5.26. The van der Waals surface area contributed by atoms with Crippen molar-refractivity contribution in [2.45, 2.75) is 32.0 Å². The quantitative estimate of drug-likeness (QED) is 0.864. The molecule has 19 heavy (non-hydrogen) atoms. The third-order valence-electron chi connectivity index (χ3n) is 2.85. The van der Waals surface area contributed by atoms with E-state index in [-0.39, 0.29) is 12.3 Å². The summed E-state index contributed by atoms with van der Waals surface area (Å²) in [6.45, 7) is 2.46. The summed E-state index contributed by atoms with van der Waals surface area (Å²) in [6.07, 6.45) is -4.28. The first-order valence-electron chi connectivity index (χ1n) is 6.16. The van der Waals surface area contributed by atoms with Crippen molar-refractivity contribution in [3.05, 3.63) is 35.4 Å². The van der Waals surface area contributed by atoms with Gasteiger partial charge in [0, 0.05) is 13.7 Å². The van der Waals surface area contributed by atoms with Gasteiger partial charge in [0.25, 0.3) is 0 Å². The lowest BCUT2D eigenvalue weighted by Crippen LogP contribution is -2.17. The number of methoxy groups -OCH3 is 1. The molecule has 0 saturated heterocycles. The van der Waals surface area contributed by atoms with Gasteiger partial charge in [-0.05, 0) is 30.4 Å². The van der Waals surface area contributed by atoms with E-state index in [9.17, 15) is 18.3 Å². The number of ether oxygens (including phenoxy) is 1. The first kappa shape index (κ1) is 16.0. The van der Waals surface area contributed by atoms with Crippen LogP contribution in [-0.4, -0.2) is 24.9 Å². The SMILES string of the molecule is COCC(C)CC(O)Cc1cccc(C(F)(F)F)c1. The Hall–Kier alpha value is -1.07. The molecule has 108 valence electrons. The number of hydrogen-bond acceptors (Lipinski definition) is 2. The van der Waals surface area contributed by atoms with E-state index < -0.39 is 17.8 Å². The van der Waals surface area contributed by atoms with Gasteiger partial charge in [0.15, 0.2) is 0 Å². The average Bonchev–Trinajstić information content (AvgIpc) is 2.28. The van der Waals surface area contributed by atoms with Crippen LogP contribution in [0.5, 0.6) is 0 Å². The maximum absolute atomic E-state index is 12.5. The van der Waals surface area contributed by atoms with Gasteiger partial charge in [-0.25, -0.2) is 0 Å². The van der Waals surface area contributed by atoms with E-state index in [1.807, 2.05) is 6.92 Å². The lowest BCUT2D eigenvalue weighted by Gasteiger charge is -2.16. The van der Waals surface area contributed by atoms with Crippen LogP contribution >= 0.6 is 0 Å². The van der Waals surface area contributed by atoms with Crippen LogP contribution in [0.25, 0.3) is 0 Å². The number of halogens is 3. The zero-order chi connectivity index (χ0) is 14.5. The van der Waals surface area contributed by atoms with Gasteiger partial charge in [0.2, 0.25) is 0 Å². The van der Waals surface area contributed by atoms with Crippen LogP contribution < -0.4 is 0 Å². The van der Waals surface area contributed by atoms with E-state index in [1.54, 1.807) is 13.2 Å². The molecule has 1 aromatic carbocycles. The summed E-state index contributed by atoms with van der Waals surface area (Å²) >= 11 is 0. The third-order valence-corrected chi connectivity index (χ3v) is 2.85. The summed E-state index contributed by atoms with van der Waals surface area (Å²) in [5.41, 5.74) is -0.186. The van der Waals surface area contributed by atoms with E-state index in [0.717, 1.165) is 12.1 Å². The van der Waals surface area contributed by atoms with Crippen LogP contribution in [0, 0.1) is 5.92 Å². The molecule has 0 spiro atoms. The van der Waals surface area contributed by atoms with E-state index >= 15 is 0 Å². The molecule has 2 atom stereocenters. The lowest BCUT2D eigenvalue weighted by atomic mass is 9.98. The van der Waals surface area contributed by atoms with Gasteiger partial charge in [0.1, 0.15) is 0 Å². The number of rotatable bonds is 6. The summed E-state index contributed by atoms with van der Waals surface area (Å²) in [5, 5.41) is 9.86. The zero-order valence-electron chi connectivity index (χ0n) is 11.1. The average molecular weight is 276 g/mol. The molecule has 1 N–H and O–H groups in total. The van der Waals surface area contributed by atoms with Crippen molar-refractivity contribution in [3.63, 3.8) is 0 Å². The summed E-state index contributed by atoms with van der Waals surface area (Å²) in [7, 11) is 1.58. The Bertz CT molecular complexity index is 391. The molecule has 0 radical (unpaired) electrons. The Morgan fingerprint density at radius 1 is 1.32 bits per heavy atom. The van der Waals surface area contributed by atoms with Crippen LogP contribution in [0.2, 0.25) is 0 Å². The molecule has 2 nitrogen and oxygen atoms in total. The first-order chi connectivity index (χ1) is 8.82. The molecule has 0 aliphatic carbocycles. The molecule has 5 heteroatoms. The fourth-order valence-electron chi connectivity index (χ4n) is 2.05. The second kappa shape index (κ2) is 6.91. The maximum Gasteiger partial charge on any atom is 0.416 e. The van der Waals surface area contributed by atoms with Gasteiger partial charge >= 0.3 is 6.18 Å². The second-order valence-electron chi connectivity index (χ2n) is 4.85. The summed E-state index contributed by atoms with van der Waals surface area (Å²) in [6, 6.07) is 5.08. The van der Waals surface area contributed by atoms with Crippen LogP contribution in [0.3, 0.4) is 0 Å². The number of aliphatic hydroxyl groups excluding tert-OH is 1. The van der Waals surface area contributed by atoms with Gasteiger partial charge in [-0.1, -0.05) is 25.1 Å². The van der Waals surface area contributed by atoms with Crippen molar-refractivity contribution in [2.24, 2.45) is 5.92 Å². The van der Waals surface area contributed by atoms with Crippen LogP contribution in [0.15, 0.2) is 24.3 Å². The van der Waals surface area contributed by atoms with E-state index in [1.165, 1.54) is 6.07 Å². The normalized spacial score (nSPS) is 15.3. The molecule has 0 heterocycles. The van der Waals surface area contributed by atoms with Crippen molar-refractivity contribution < 1.29 is 23.0 Å². The van der Waals surface area contributed by atoms with E-state index in [2.05, 4.69) is 0 Å². The number of hydrogen-bond donors (Lipinski definition) is 1. The molecule has 0 bridgehead atoms. The predicted octanol–water partition coefficient (Wildman–Crippen LogP) is 3.28. The smallest absolute Gasteiger partial charge is 0.393 e. The molecule has 0 saturated carbocycles. The molecule has 0 aliphatic heterocycles. The minimum Gasteiger partial charge on any atom is -0.393 e. The molecule has 0 aliphatic rings. The Balaban J connectivity index is 2.62. The Labute approximate surface area is 111 Å². The van der Waals surface area contributed by atoms with Gasteiger partial charge in [-0.2, -0.15) is 13.2 Å². The fraction of sp³-hybridized carbons (Fsp3) is 0.571. The molecular formula is C14H19F3O2. The summed E-state index contributed by atoms with van der Waals surface area (Å²) < 4.78 is 42.6. The third kappa shape index (κ3) is 5.61. The summed E-state index contributed by atoms with van der Waals surface area (Å²) in [5.74, 6) is 0.172. The number of benzene rings is 1. The summed E-state index contributed by atoms with van der Waals surface area (Å²) in [4.78, 5) is 0. The molecule has 2 unspecified atom stereocenters. The molecule has 0 aromatic heterocycles. The van der Waals surface area contributed by atoms with Crippen LogP contribution in [-0.2, 0) is 17.3 Å². The minimum atomic E-state index is -4.34. The van der Waals surface area contributed by atoms with Gasteiger partial charge < -0.3 is 9.84 Å². The van der Waals surface area contributed by atoms with Crippen LogP contribution in [0.1, 0.15) is 24.5 Å². The predicted molar refractivity (Wildman–Crippen MR) is 66.8 cm³/mol. The second-order valence-corrected chi connectivity index (χ2v) is 4.85. The van der Waals surface area contributed by atoms with Gasteiger partial charge in [-0.3, -0.25) is 0 Å². The molecule has 1 rings (SSSR count). The Morgan fingerprint density at radius 3 is 2.58 bits per heavy atom.